The maximum Gasteiger partial charge on any atom is 0.310 e. The van der Waals surface area contributed by atoms with Gasteiger partial charge in [0.2, 0.25) is 3.79 Å². The van der Waals surface area contributed by atoms with Crippen LogP contribution >= 0.6 is 34.8 Å². The van der Waals surface area contributed by atoms with Crippen molar-refractivity contribution >= 4 is 46.2 Å². The molecule has 0 amide bonds. The van der Waals surface area contributed by atoms with Crippen molar-refractivity contribution in [2.75, 3.05) is 0 Å². The Kier molecular flexibility index (Phi) is 5.26. The third kappa shape index (κ3) is 4.04. The second kappa shape index (κ2) is 6.91. The Balaban J connectivity index is 2.67. The molecule has 0 heterocycles. The zero-order valence-corrected chi connectivity index (χ0v) is 14.4. The van der Waals surface area contributed by atoms with E-state index in [1.165, 1.54) is 12.1 Å². The Morgan fingerprint density at radius 3 is 1.48 bits per heavy atom. The lowest BCUT2D eigenvalue weighted by atomic mass is 9.91. The van der Waals surface area contributed by atoms with Crippen LogP contribution in [-0.2, 0) is 0 Å². The molecule has 0 radical (unpaired) electrons. The first-order chi connectivity index (χ1) is 11.5. The van der Waals surface area contributed by atoms with E-state index in [4.69, 9.17) is 34.8 Å². The van der Waals surface area contributed by atoms with Crippen LogP contribution in [0.1, 0.15) is 17.0 Å². The summed E-state index contributed by atoms with van der Waals surface area (Å²) in [7, 11) is 0. The van der Waals surface area contributed by atoms with Crippen LogP contribution in [0.4, 0.5) is 11.4 Å². The van der Waals surface area contributed by atoms with Gasteiger partial charge < -0.3 is 10.2 Å². The number of benzene rings is 2. The Bertz CT molecular complexity index is 789. The maximum absolute atomic E-state index is 11.0. The first kappa shape index (κ1) is 19.0. The van der Waals surface area contributed by atoms with Gasteiger partial charge >= 0.3 is 11.4 Å². The van der Waals surface area contributed by atoms with Crippen LogP contribution in [-0.4, -0.2) is 23.9 Å². The predicted molar refractivity (Wildman–Crippen MR) is 91.7 cm³/mol. The molecular formula is C14H9Cl3N2O6. The highest BCUT2D eigenvalue weighted by Gasteiger charge is 2.37. The Labute approximate surface area is 155 Å². The minimum absolute atomic E-state index is 0.143. The van der Waals surface area contributed by atoms with Crippen molar-refractivity contribution in [3.05, 3.63) is 67.8 Å². The largest absolute Gasteiger partial charge is 0.502 e. The molecule has 0 aromatic heterocycles. The van der Waals surface area contributed by atoms with Gasteiger partial charge in [0.15, 0.2) is 11.5 Å². The van der Waals surface area contributed by atoms with Gasteiger partial charge in [0.1, 0.15) is 0 Å². The summed E-state index contributed by atoms with van der Waals surface area (Å²) in [5.74, 6) is -2.28. The van der Waals surface area contributed by atoms with Crippen LogP contribution in [0.25, 0.3) is 0 Å². The number of phenols is 2. The highest BCUT2D eigenvalue weighted by molar-refractivity contribution is 6.68. The Morgan fingerprint density at radius 1 is 0.840 bits per heavy atom. The summed E-state index contributed by atoms with van der Waals surface area (Å²) in [6, 6.07) is 6.75. The van der Waals surface area contributed by atoms with Crippen LogP contribution in [0.15, 0.2) is 36.4 Å². The molecule has 11 heteroatoms. The monoisotopic (exact) mass is 406 g/mol. The fourth-order valence-electron chi connectivity index (χ4n) is 2.30. The van der Waals surface area contributed by atoms with Crippen molar-refractivity contribution in [3.8, 4) is 11.5 Å². The lowest BCUT2D eigenvalue weighted by molar-refractivity contribution is -0.386. The van der Waals surface area contributed by atoms with E-state index in [2.05, 4.69) is 0 Å². The minimum Gasteiger partial charge on any atom is -0.502 e. The summed E-state index contributed by atoms with van der Waals surface area (Å²) < 4.78 is -2.02. The van der Waals surface area contributed by atoms with Gasteiger partial charge in [0, 0.05) is 12.1 Å². The summed E-state index contributed by atoms with van der Waals surface area (Å²) in [4.78, 5) is 20.4. The van der Waals surface area contributed by atoms with E-state index in [-0.39, 0.29) is 11.1 Å². The van der Waals surface area contributed by atoms with Gasteiger partial charge in [0.25, 0.3) is 0 Å². The number of hydrogen-bond acceptors (Lipinski definition) is 6. The summed E-state index contributed by atoms with van der Waals surface area (Å²) in [5.41, 5.74) is -0.927. The molecule has 0 aliphatic rings. The van der Waals surface area contributed by atoms with Crippen LogP contribution in [0.5, 0.6) is 11.5 Å². The topological polar surface area (TPSA) is 127 Å². The van der Waals surface area contributed by atoms with Gasteiger partial charge in [-0.15, -0.1) is 0 Å². The zero-order chi connectivity index (χ0) is 18.9. The molecule has 0 atom stereocenters. The predicted octanol–water partition coefficient (Wildman–Crippen LogP) is 4.42. The molecule has 0 saturated heterocycles. The number of nitrogens with zero attached hydrogens (tertiary/aromatic N) is 2. The summed E-state index contributed by atoms with van der Waals surface area (Å²) >= 11 is 17.9. The van der Waals surface area contributed by atoms with E-state index in [1.807, 2.05) is 0 Å². The maximum atomic E-state index is 11.0. The second-order valence-electron chi connectivity index (χ2n) is 4.99. The van der Waals surface area contributed by atoms with Gasteiger partial charge in [-0.25, -0.2) is 0 Å². The molecule has 0 spiro atoms. The fraction of sp³-hybridized carbons (Fsp3) is 0.143. The molecule has 8 nitrogen and oxygen atoms in total. The molecule has 0 aliphatic carbocycles. The van der Waals surface area contributed by atoms with Crippen molar-refractivity contribution in [1.29, 1.82) is 0 Å². The van der Waals surface area contributed by atoms with Crippen molar-refractivity contribution in [3.63, 3.8) is 0 Å². The van der Waals surface area contributed by atoms with Crippen molar-refractivity contribution in [2.45, 2.75) is 9.71 Å². The molecule has 25 heavy (non-hydrogen) atoms. The normalized spacial score (nSPS) is 11.5. The Hall–Kier alpha value is -2.29. The van der Waals surface area contributed by atoms with Crippen molar-refractivity contribution in [1.82, 2.24) is 0 Å². The summed E-state index contributed by atoms with van der Waals surface area (Å²) in [5, 5.41) is 41.1. The van der Waals surface area contributed by atoms with E-state index < -0.39 is 42.4 Å². The van der Waals surface area contributed by atoms with Gasteiger partial charge in [-0.1, -0.05) is 46.9 Å². The molecule has 2 aromatic carbocycles. The number of aromatic hydroxyl groups is 2. The highest BCUT2D eigenvalue weighted by atomic mass is 35.6. The minimum atomic E-state index is -2.02. The fourth-order valence-corrected chi connectivity index (χ4v) is 3.06. The second-order valence-corrected chi connectivity index (χ2v) is 7.35. The van der Waals surface area contributed by atoms with Crippen LogP contribution < -0.4 is 0 Å². The average Bonchev–Trinajstić information content (AvgIpc) is 2.49. The van der Waals surface area contributed by atoms with E-state index in [0.29, 0.717) is 0 Å². The average molecular weight is 408 g/mol. The number of alkyl halides is 3. The number of halogens is 3. The van der Waals surface area contributed by atoms with Gasteiger partial charge in [-0.05, 0) is 23.3 Å². The standard InChI is InChI=1S/C14H9Cl3N2O6/c15-14(16,17)13(7-1-3-11(20)9(5-7)18(22)23)8-2-4-12(21)10(6-8)19(24)25/h1-6,13,20-21H. The molecule has 0 fully saturated rings. The van der Waals surface area contributed by atoms with Gasteiger partial charge in [-0.2, -0.15) is 0 Å². The van der Waals surface area contributed by atoms with Crippen molar-refractivity contribution in [2.24, 2.45) is 0 Å². The molecular weight excluding hydrogens is 399 g/mol. The molecule has 0 saturated carbocycles. The number of hydrogen-bond donors (Lipinski definition) is 2. The van der Waals surface area contributed by atoms with E-state index in [0.717, 1.165) is 24.3 Å². The number of rotatable bonds is 4. The van der Waals surface area contributed by atoms with Crippen LogP contribution in [0.2, 0.25) is 0 Å². The van der Waals surface area contributed by atoms with Crippen LogP contribution in [0.3, 0.4) is 0 Å². The first-order valence-electron chi connectivity index (χ1n) is 6.53. The lowest BCUT2D eigenvalue weighted by Crippen LogP contribution is -2.19. The van der Waals surface area contributed by atoms with E-state index in [9.17, 15) is 30.4 Å². The molecule has 2 N–H and O–H groups in total. The molecule has 2 aromatic rings. The van der Waals surface area contributed by atoms with E-state index >= 15 is 0 Å². The smallest absolute Gasteiger partial charge is 0.310 e. The SMILES string of the molecule is O=[N+]([O-])c1cc(C(c2ccc(O)c([N+](=O)[O-])c2)C(Cl)(Cl)Cl)ccc1O. The number of nitro benzene ring substituents is 2. The number of nitro groups is 2. The van der Waals surface area contributed by atoms with Crippen LogP contribution in [0, 0.1) is 20.2 Å². The molecule has 0 aliphatic heterocycles. The molecule has 2 rings (SSSR count). The Morgan fingerprint density at radius 2 is 1.20 bits per heavy atom. The summed E-state index contributed by atoms with van der Waals surface area (Å²) in [6.45, 7) is 0. The third-order valence-electron chi connectivity index (χ3n) is 3.39. The summed E-state index contributed by atoms with van der Waals surface area (Å²) in [6.07, 6.45) is 0. The number of phenolic OH excluding ortho intramolecular Hbond substituents is 2. The molecule has 132 valence electrons. The third-order valence-corrected chi connectivity index (χ3v) is 4.04. The van der Waals surface area contributed by atoms with E-state index in [1.54, 1.807) is 0 Å². The first-order valence-corrected chi connectivity index (χ1v) is 7.67. The highest BCUT2D eigenvalue weighted by Crippen LogP contribution is 2.48. The molecule has 0 bridgehead atoms. The van der Waals surface area contributed by atoms with Gasteiger partial charge in [-0.3, -0.25) is 20.2 Å². The lowest BCUT2D eigenvalue weighted by Gasteiger charge is -2.25. The van der Waals surface area contributed by atoms with Crippen molar-refractivity contribution < 1.29 is 20.1 Å². The quantitative estimate of drug-likeness (QED) is 0.439. The molecule has 0 unspecified atom stereocenters. The zero-order valence-electron chi connectivity index (χ0n) is 12.1. The van der Waals surface area contributed by atoms with Gasteiger partial charge in [0.05, 0.1) is 15.8 Å².